The lowest BCUT2D eigenvalue weighted by atomic mass is 9.97. The molecule has 1 amide bonds. The van der Waals surface area contributed by atoms with E-state index in [-0.39, 0.29) is 11.8 Å². The maximum Gasteiger partial charge on any atom is 0.231 e. The van der Waals surface area contributed by atoms with Crippen molar-refractivity contribution in [3.63, 3.8) is 0 Å². The van der Waals surface area contributed by atoms with Gasteiger partial charge in [-0.2, -0.15) is 0 Å². The van der Waals surface area contributed by atoms with Gasteiger partial charge < -0.3 is 10.2 Å². The van der Waals surface area contributed by atoms with Gasteiger partial charge in [-0.3, -0.25) is 4.79 Å². The summed E-state index contributed by atoms with van der Waals surface area (Å²) in [4.78, 5) is 18.7. The number of thiazole rings is 1. The Morgan fingerprint density at radius 1 is 1.45 bits per heavy atom. The van der Waals surface area contributed by atoms with Crippen LogP contribution in [0.5, 0.6) is 0 Å². The monoisotopic (exact) mass is 337 g/mol. The van der Waals surface area contributed by atoms with Gasteiger partial charge in [-0.05, 0) is 31.9 Å². The second-order valence-corrected chi connectivity index (χ2v) is 6.53. The Bertz CT molecular complexity index is 660. The zero-order valence-corrected chi connectivity index (χ0v) is 13.7. The summed E-state index contributed by atoms with van der Waals surface area (Å²) in [7, 11) is 0. The summed E-state index contributed by atoms with van der Waals surface area (Å²) in [5, 5.41) is 13.8. The molecule has 2 aromatic rings. The van der Waals surface area contributed by atoms with Gasteiger partial charge in [0.25, 0.3) is 0 Å². The molecular formula is C14H16ClN5OS. The minimum absolute atomic E-state index is 0.0148. The summed E-state index contributed by atoms with van der Waals surface area (Å²) in [5.41, 5.74) is 0.919. The van der Waals surface area contributed by atoms with Gasteiger partial charge in [0, 0.05) is 18.5 Å². The lowest BCUT2D eigenvalue weighted by molar-refractivity contribution is -0.120. The van der Waals surface area contributed by atoms with Crippen LogP contribution in [-0.2, 0) is 4.79 Å². The number of rotatable bonds is 3. The molecule has 0 saturated carbocycles. The van der Waals surface area contributed by atoms with Crippen molar-refractivity contribution in [3.05, 3.63) is 28.4 Å². The number of hydrogen-bond donors (Lipinski definition) is 1. The first-order valence-corrected chi connectivity index (χ1v) is 8.35. The van der Waals surface area contributed by atoms with Crippen molar-refractivity contribution in [2.75, 3.05) is 23.3 Å². The third kappa shape index (κ3) is 3.53. The summed E-state index contributed by atoms with van der Waals surface area (Å²) in [6.45, 7) is 3.41. The highest BCUT2D eigenvalue weighted by Crippen LogP contribution is 2.23. The quantitative estimate of drug-likeness (QED) is 0.932. The van der Waals surface area contributed by atoms with Gasteiger partial charge >= 0.3 is 0 Å². The predicted octanol–water partition coefficient (Wildman–Crippen LogP) is 2.75. The number of aryl methyl sites for hydroxylation is 1. The van der Waals surface area contributed by atoms with Crippen molar-refractivity contribution in [1.82, 2.24) is 15.2 Å². The van der Waals surface area contributed by atoms with Crippen LogP contribution in [0.25, 0.3) is 0 Å². The van der Waals surface area contributed by atoms with Crippen molar-refractivity contribution in [2.45, 2.75) is 19.8 Å². The van der Waals surface area contributed by atoms with Crippen LogP contribution < -0.4 is 10.2 Å². The van der Waals surface area contributed by atoms with E-state index in [4.69, 9.17) is 11.6 Å². The Morgan fingerprint density at radius 3 is 3.00 bits per heavy atom. The number of carbonyl (C=O) groups is 1. The highest BCUT2D eigenvalue weighted by molar-refractivity contribution is 7.13. The number of aromatic nitrogens is 3. The molecule has 3 heterocycles. The second-order valence-electron chi connectivity index (χ2n) is 5.28. The Hall–Kier alpha value is -1.73. The Labute approximate surface area is 137 Å². The predicted molar refractivity (Wildman–Crippen MR) is 87.5 cm³/mol. The number of halogens is 1. The van der Waals surface area contributed by atoms with E-state index in [9.17, 15) is 4.79 Å². The minimum Gasteiger partial charge on any atom is -0.354 e. The van der Waals surface area contributed by atoms with E-state index in [2.05, 4.69) is 25.4 Å². The number of carbonyl (C=O) groups excluding carboxylic acids is 1. The van der Waals surface area contributed by atoms with Crippen molar-refractivity contribution < 1.29 is 4.79 Å². The molecule has 6 nitrogen and oxygen atoms in total. The molecule has 8 heteroatoms. The average Bonchev–Trinajstić information content (AvgIpc) is 2.93. The molecule has 0 radical (unpaired) electrons. The van der Waals surface area contributed by atoms with Gasteiger partial charge in [-0.25, -0.2) is 4.98 Å². The molecule has 0 bridgehead atoms. The van der Waals surface area contributed by atoms with Crippen LogP contribution in [0.2, 0.25) is 5.15 Å². The number of anilines is 2. The van der Waals surface area contributed by atoms with Crippen molar-refractivity contribution in [1.29, 1.82) is 0 Å². The molecule has 0 unspecified atom stereocenters. The molecule has 3 rings (SSSR count). The standard InChI is InChI=1S/C14H16ClN5OS/c1-9-8-22-14(16-9)17-13(21)10-3-2-6-20(7-10)12-5-4-11(15)18-19-12/h4-5,8,10H,2-3,6-7H2,1H3,(H,16,17,21)/t10-/m1/s1. The highest BCUT2D eigenvalue weighted by Gasteiger charge is 2.27. The van der Waals surface area contributed by atoms with E-state index in [0.29, 0.717) is 16.8 Å². The molecular weight excluding hydrogens is 322 g/mol. The number of hydrogen-bond acceptors (Lipinski definition) is 6. The number of nitrogens with zero attached hydrogens (tertiary/aromatic N) is 4. The first kappa shape index (κ1) is 15.2. The molecule has 1 aliphatic heterocycles. The Kier molecular flexibility index (Phi) is 4.54. The largest absolute Gasteiger partial charge is 0.354 e. The van der Waals surface area contributed by atoms with Gasteiger partial charge in [0.15, 0.2) is 16.1 Å². The molecule has 1 atom stereocenters. The topological polar surface area (TPSA) is 71.0 Å². The fraction of sp³-hybridized carbons (Fsp3) is 0.429. The zero-order valence-electron chi connectivity index (χ0n) is 12.1. The van der Waals surface area contributed by atoms with Gasteiger partial charge in [0.2, 0.25) is 5.91 Å². The lowest BCUT2D eigenvalue weighted by Gasteiger charge is -2.32. The van der Waals surface area contributed by atoms with E-state index in [1.54, 1.807) is 6.07 Å². The van der Waals surface area contributed by atoms with Gasteiger partial charge in [-0.1, -0.05) is 11.6 Å². The Balaban J connectivity index is 1.64. The molecule has 0 aromatic carbocycles. The minimum atomic E-state index is -0.0737. The summed E-state index contributed by atoms with van der Waals surface area (Å²) >= 11 is 7.21. The fourth-order valence-corrected chi connectivity index (χ4v) is 3.29. The van der Waals surface area contributed by atoms with Crippen molar-refractivity contribution in [2.24, 2.45) is 5.92 Å². The van der Waals surface area contributed by atoms with Crippen LogP contribution in [-0.4, -0.2) is 34.2 Å². The van der Waals surface area contributed by atoms with Crippen LogP contribution in [0, 0.1) is 12.8 Å². The average molecular weight is 338 g/mol. The molecule has 0 spiro atoms. The summed E-state index contributed by atoms with van der Waals surface area (Å²) < 4.78 is 0. The second kappa shape index (κ2) is 6.58. The van der Waals surface area contributed by atoms with Crippen LogP contribution in [0.1, 0.15) is 18.5 Å². The normalized spacial score (nSPS) is 18.3. The summed E-state index contributed by atoms with van der Waals surface area (Å²) in [6.07, 6.45) is 1.81. The molecule has 1 N–H and O–H groups in total. The molecule has 0 aliphatic carbocycles. The first-order valence-electron chi connectivity index (χ1n) is 7.09. The zero-order chi connectivity index (χ0) is 15.5. The maximum absolute atomic E-state index is 12.4. The van der Waals surface area contributed by atoms with E-state index in [1.165, 1.54) is 11.3 Å². The number of piperidine rings is 1. The Morgan fingerprint density at radius 2 is 2.32 bits per heavy atom. The summed E-state index contributed by atoms with van der Waals surface area (Å²) in [6, 6.07) is 3.55. The molecule has 1 saturated heterocycles. The number of amides is 1. The van der Waals surface area contributed by atoms with E-state index in [0.717, 1.165) is 30.9 Å². The van der Waals surface area contributed by atoms with E-state index in [1.807, 2.05) is 18.4 Å². The SMILES string of the molecule is Cc1csc(NC(=O)[C@@H]2CCCN(c3ccc(Cl)nn3)C2)n1. The fourth-order valence-electron chi connectivity index (χ4n) is 2.50. The maximum atomic E-state index is 12.4. The van der Waals surface area contributed by atoms with Gasteiger partial charge in [-0.15, -0.1) is 21.5 Å². The van der Waals surface area contributed by atoms with Crippen molar-refractivity contribution >= 4 is 39.8 Å². The molecule has 1 aliphatic rings. The smallest absolute Gasteiger partial charge is 0.231 e. The number of nitrogens with one attached hydrogen (secondary N) is 1. The summed E-state index contributed by atoms with van der Waals surface area (Å²) in [5.74, 6) is 0.698. The van der Waals surface area contributed by atoms with Gasteiger partial charge in [0.05, 0.1) is 11.6 Å². The van der Waals surface area contributed by atoms with Crippen LogP contribution in [0.3, 0.4) is 0 Å². The molecule has 2 aromatic heterocycles. The highest BCUT2D eigenvalue weighted by atomic mass is 35.5. The van der Waals surface area contributed by atoms with Crippen molar-refractivity contribution in [3.8, 4) is 0 Å². The third-order valence-corrected chi connectivity index (χ3v) is 4.66. The van der Waals surface area contributed by atoms with Crippen LogP contribution in [0.15, 0.2) is 17.5 Å². The third-order valence-electron chi connectivity index (χ3n) is 3.58. The first-order chi connectivity index (χ1) is 10.6. The molecule has 1 fully saturated rings. The van der Waals surface area contributed by atoms with Crippen LogP contribution in [0.4, 0.5) is 10.9 Å². The molecule has 22 heavy (non-hydrogen) atoms. The lowest BCUT2D eigenvalue weighted by Crippen LogP contribution is -2.41. The van der Waals surface area contributed by atoms with Crippen LogP contribution >= 0.6 is 22.9 Å². The molecule has 116 valence electrons. The van der Waals surface area contributed by atoms with Gasteiger partial charge in [0.1, 0.15) is 0 Å². The van der Waals surface area contributed by atoms with E-state index >= 15 is 0 Å². The van der Waals surface area contributed by atoms with E-state index < -0.39 is 0 Å².